The number of rotatable bonds is 1. The number of hydrogen-bond acceptors (Lipinski definition) is 4. The van der Waals surface area contributed by atoms with Crippen LogP contribution in [-0.2, 0) is 0 Å². The van der Waals surface area contributed by atoms with Crippen molar-refractivity contribution in [2.75, 3.05) is 6.61 Å². The van der Waals surface area contributed by atoms with Crippen molar-refractivity contribution in [1.29, 1.82) is 0 Å². The standard InChI is InChI=1S/C15H11NO3/c1-2-6-12-11(5-1)17-8-14(19-12)10-4-3-7-13-15(10)16-9-18-13/h1-7,9,14H,8H2. The molecule has 94 valence electrons. The van der Waals surface area contributed by atoms with Crippen LogP contribution in [0.5, 0.6) is 11.5 Å². The first-order valence-corrected chi connectivity index (χ1v) is 6.12. The SMILES string of the molecule is c1ccc2c(c1)OCC(c1cccc3ocnc13)O2. The molecule has 0 aliphatic carbocycles. The van der Waals surface area contributed by atoms with Gasteiger partial charge in [-0.25, -0.2) is 4.98 Å². The first kappa shape index (κ1) is 10.4. The first-order valence-electron chi connectivity index (χ1n) is 6.12. The Hall–Kier alpha value is -2.49. The average Bonchev–Trinajstić information content (AvgIpc) is 2.95. The van der Waals surface area contributed by atoms with Gasteiger partial charge in [-0.1, -0.05) is 24.3 Å². The number of aromatic nitrogens is 1. The molecule has 4 heteroatoms. The number of hydrogen-bond donors (Lipinski definition) is 0. The molecule has 1 aromatic heterocycles. The Balaban J connectivity index is 1.77. The van der Waals surface area contributed by atoms with Gasteiger partial charge in [0.2, 0.25) is 0 Å². The van der Waals surface area contributed by atoms with Crippen molar-refractivity contribution in [2.24, 2.45) is 0 Å². The molecule has 0 amide bonds. The summed E-state index contributed by atoms with van der Waals surface area (Å²) in [6.07, 6.45) is 1.29. The molecule has 0 spiro atoms. The van der Waals surface area contributed by atoms with E-state index in [0.717, 1.165) is 28.2 Å². The third kappa shape index (κ3) is 1.64. The van der Waals surface area contributed by atoms with Gasteiger partial charge in [-0.05, 0) is 18.2 Å². The van der Waals surface area contributed by atoms with Crippen molar-refractivity contribution in [3.8, 4) is 11.5 Å². The van der Waals surface area contributed by atoms with E-state index < -0.39 is 0 Å². The zero-order chi connectivity index (χ0) is 12.7. The first-order chi connectivity index (χ1) is 9.42. The minimum atomic E-state index is -0.163. The molecule has 0 saturated carbocycles. The van der Waals surface area contributed by atoms with Crippen molar-refractivity contribution >= 4 is 11.1 Å². The van der Waals surface area contributed by atoms with E-state index in [2.05, 4.69) is 4.98 Å². The van der Waals surface area contributed by atoms with Crippen molar-refractivity contribution < 1.29 is 13.9 Å². The van der Waals surface area contributed by atoms with Crippen LogP contribution in [0.2, 0.25) is 0 Å². The summed E-state index contributed by atoms with van der Waals surface area (Å²) in [6.45, 7) is 0.475. The highest BCUT2D eigenvalue weighted by molar-refractivity contribution is 5.76. The Morgan fingerprint density at radius 2 is 1.89 bits per heavy atom. The van der Waals surface area contributed by atoms with E-state index in [1.807, 2.05) is 42.5 Å². The van der Waals surface area contributed by atoms with E-state index in [4.69, 9.17) is 13.9 Å². The molecular formula is C15H11NO3. The monoisotopic (exact) mass is 253 g/mol. The molecule has 2 heterocycles. The summed E-state index contributed by atoms with van der Waals surface area (Å²) < 4.78 is 17.0. The average molecular weight is 253 g/mol. The van der Waals surface area contributed by atoms with Gasteiger partial charge in [0.25, 0.3) is 0 Å². The van der Waals surface area contributed by atoms with E-state index in [1.54, 1.807) is 0 Å². The maximum atomic E-state index is 5.99. The number of para-hydroxylation sites is 3. The molecule has 0 bridgehead atoms. The predicted octanol–water partition coefficient (Wildman–Crippen LogP) is 3.34. The smallest absolute Gasteiger partial charge is 0.181 e. The zero-order valence-corrected chi connectivity index (χ0v) is 10.1. The van der Waals surface area contributed by atoms with Crippen molar-refractivity contribution in [3.05, 3.63) is 54.4 Å². The lowest BCUT2D eigenvalue weighted by molar-refractivity contribution is 0.0921. The quantitative estimate of drug-likeness (QED) is 0.667. The van der Waals surface area contributed by atoms with Gasteiger partial charge in [0.05, 0.1) is 0 Å². The van der Waals surface area contributed by atoms with Crippen LogP contribution in [0.4, 0.5) is 0 Å². The van der Waals surface area contributed by atoms with E-state index >= 15 is 0 Å². The maximum Gasteiger partial charge on any atom is 0.181 e. The number of fused-ring (bicyclic) bond motifs is 2. The second-order valence-electron chi connectivity index (χ2n) is 4.41. The Kier molecular flexibility index (Phi) is 2.21. The number of ether oxygens (including phenoxy) is 2. The van der Waals surface area contributed by atoms with Crippen LogP contribution >= 0.6 is 0 Å². The van der Waals surface area contributed by atoms with Crippen molar-refractivity contribution in [2.45, 2.75) is 6.10 Å². The molecule has 1 aliphatic heterocycles. The van der Waals surface area contributed by atoms with Crippen molar-refractivity contribution in [1.82, 2.24) is 4.98 Å². The van der Waals surface area contributed by atoms with Crippen LogP contribution < -0.4 is 9.47 Å². The zero-order valence-electron chi connectivity index (χ0n) is 10.1. The molecule has 1 atom stereocenters. The third-order valence-electron chi connectivity index (χ3n) is 3.25. The third-order valence-corrected chi connectivity index (χ3v) is 3.25. The van der Waals surface area contributed by atoms with Gasteiger partial charge in [0, 0.05) is 5.56 Å². The highest BCUT2D eigenvalue weighted by Gasteiger charge is 2.24. The summed E-state index contributed by atoms with van der Waals surface area (Å²) in [5.74, 6) is 1.55. The maximum absolute atomic E-state index is 5.99. The lowest BCUT2D eigenvalue weighted by Crippen LogP contribution is -2.21. The predicted molar refractivity (Wildman–Crippen MR) is 69.3 cm³/mol. The van der Waals surface area contributed by atoms with Crippen LogP contribution in [0.3, 0.4) is 0 Å². The summed E-state index contributed by atoms with van der Waals surface area (Å²) >= 11 is 0. The Labute approximate surface area is 109 Å². The van der Waals surface area contributed by atoms with Gasteiger partial charge in [-0.3, -0.25) is 0 Å². The van der Waals surface area contributed by atoms with Gasteiger partial charge in [-0.15, -0.1) is 0 Å². The fourth-order valence-corrected chi connectivity index (χ4v) is 2.34. The molecule has 19 heavy (non-hydrogen) atoms. The van der Waals surface area contributed by atoms with E-state index in [1.165, 1.54) is 6.39 Å². The lowest BCUT2D eigenvalue weighted by Gasteiger charge is -2.26. The second kappa shape index (κ2) is 4.02. The van der Waals surface area contributed by atoms with Gasteiger partial charge >= 0.3 is 0 Å². The van der Waals surface area contributed by atoms with Crippen LogP contribution in [0.15, 0.2) is 53.3 Å². The Morgan fingerprint density at radius 1 is 1.00 bits per heavy atom. The molecule has 4 nitrogen and oxygen atoms in total. The highest BCUT2D eigenvalue weighted by atomic mass is 16.6. The van der Waals surface area contributed by atoms with Gasteiger partial charge in [0.1, 0.15) is 12.1 Å². The molecule has 3 aromatic rings. The molecule has 0 radical (unpaired) electrons. The minimum Gasteiger partial charge on any atom is -0.485 e. The topological polar surface area (TPSA) is 44.5 Å². The van der Waals surface area contributed by atoms with E-state index in [9.17, 15) is 0 Å². The normalized spacial score (nSPS) is 17.6. The lowest BCUT2D eigenvalue weighted by atomic mass is 10.1. The van der Waals surface area contributed by atoms with Gasteiger partial charge < -0.3 is 13.9 Å². The molecule has 2 aromatic carbocycles. The van der Waals surface area contributed by atoms with E-state index in [0.29, 0.717) is 6.61 Å². The molecule has 0 N–H and O–H groups in total. The van der Waals surface area contributed by atoms with Crippen LogP contribution in [0.25, 0.3) is 11.1 Å². The molecule has 4 rings (SSSR count). The fourth-order valence-electron chi connectivity index (χ4n) is 2.34. The van der Waals surface area contributed by atoms with Crippen LogP contribution in [0.1, 0.15) is 11.7 Å². The number of oxazole rings is 1. The Morgan fingerprint density at radius 3 is 2.84 bits per heavy atom. The van der Waals surface area contributed by atoms with Crippen LogP contribution in [-0.4, -0.2) is 11.6 Å². The van der Waals surface area contributed by atoms with Gasteiger partial charge in [0.15, 0.2) is 29.6 Å². The minimum absolute atomic E-state index is 0.163. The number of benzene rings is 2. The molecule has 1 aliphatic rings. The Bertz CT molecular complexity index is 735. The molecular weight excluding hydrogens is 242 g/mol. The van der Waals surface area contributed by atoms with Gasteiger partial charge in [-0.2, -0.15) is 0 Å². The highest BCUT2D eigenvalue weighted by Crippen LogP contribution is 2.37. The number of nitrogens with zero attached hydrogens (tertiary/aromatic N) is 1. The van der Waals surface area contributed by atoms with Crippen LogP contribution in [0, 0.1) is 0 Å². The summed E-state index contributed by atoms with van der Waals surface area (Å²) in [5, 5.41) is 0. The summed E-state index contributed by atoms with van der Waals surface area (Å²) in [5.41, 5.74) is 2.58. The summed E-state index contributed by atoms with van der Waals surface area (Å²) in [6, 6.07) is 13.5. The fraction of sp³-hybridized carbons (Fsp3) is 0.133. The molecule has 0 fully saturated rings. The largest absolute Gasteiger partial charge is 0.485 e. The summed E-state index contributed by atoms with van der Waals surface area (Å²) in [7, 11) is 0. The summed E-state index contributed by atoms with van der Waals surface area (Å²) in [4.78, 5) is 4.25. The molecule has 0 saturated heterocycles. The second-order valence-corrected chi connectivity index (χ2v) is 4.41. The molecule has 1 unspecified atom stereocenters. The van der Waals surface area contributed by atoms with E-state index in [-0.39, 0.29) is 6.10 Å². The van der Waals surface area contributed by atoms with Crippen molar-refractivity contribution in [3.63, 3.8) is 0 Å².